The van der Waals surface area contributed by atoms with E-state index in [1.165, 1.54) is 19.3 Å². The van der Waals surface area contributed by atoms with Crippen molar-refractivity contribution in [2.75, 3.05) is 0 Å². The summed E-state index contributed by atoms with van der Waals surface area (Å²) >= 11 is 0. The van der Waals surface area contributed by atoms with E-state index in [1.54, 1.807) is 0 Å². The molecule has 0 radical (unpaired) electrons. The second-order valence-electron chi connectivity index (χ2n) is 6.54. The van der Waals surface area contributed by atoms with Gasteiger partial charge in [-0.15, -0.1) is 0 Å². The number of carboxylic acids is 1. The van der Waals surface area contributed by atoms with Gasteiger partial charge in [-0.3, -0.25) is 9.59 Å². The summed E-state index contributed by atoms with van der Waals surface area (Å²) in [6.45, 7) is 6.36. The van der Waals surface area contributed by atoms with Crippen molar-refractivity contribution < 1.29 is 14.7 Å². The Morgan fingerprint density at radius 3 is 2.63 bits per heavy atom. The Kier molecular flexibility index (Phi) is 5.83. The van der Waals surface area contributed by atoms with Gasteiger partial charge in [-0.2, -0.15) is 0 Å². The number of nitrogens with one attached hydrogen (secondary N) is 1. The van der Waals surface area contributed by atoms with E-state index in [0.717, 1.165) is 6.42 Å². The number of rotatable bonds is 6. The second-order valence-corrected chi connectivity index (χ2v) is 6.54. The van der Waals surface area contributed by atoms with Crippen LogP contribution in [-0.2, 0) is 9.59 Å². The van der Waals surface area contributed by atoms with Crippen molar-refractivity contribution in [3.8, 4) is 0 Å². The average molecular weight is 269 g/mol. The molecule has 1 aliphatic rings. The number of amides is 1. The van der Waals surface area contributed by atoms with Crippen LogP contribution in [0.3, 0.4) is 0 Å². The molecule has 0 saturated heterocycles. The monoisotopic (exact) mass is 269 g/mol. The molecule has 0 bridgehead atoms. The quantitative estimate of drug-likeness (QED) is 0.779. The number of hydrogen-bond acceptors (Lipinski definition) is 2. The summed E-state index contributed by atoms with van der Waals surface area (Å²) in [7, 11) is 0. The van der Waals surface area contributed by atoms with Gasteiger partial charge in [-0.05, 0) is 37.5 Å². The molecule has 0 heterocycles. The minimum Gasteiger partial charge on any atom is -0.481 e. The smallest absolute Gasteiger partial charge is 0.303 e. The van der Waals surface area contributed by atoms with Gasteiger partial charge in [0.2, 0.25) is 5.91 Å². The molecule has 1 aliphatic carbocycles. The highest BCUT2D eigenvalue weighted by Crippen LogP contribution is 2.42. The molecule has 2 N–H and O–H groups in total. The molecule has 0 aromatic carbocycles. The maximum atomic E-state index is 12.0. The number of carbonyl (C=O) groups excluding carboxylic acids is 1. The number of carbonyl (C=O) groups is 2. The van der Waals surface area contributed by atoms with Crippen LogP contribution in [0.4, 0.5) is 0 Å². The van der Waals surface area contributed by atoms with Crippen LogP contribution in [0.1, 0.15) is 65.7 Å². The first-order valence-corrected chi connectivity index (χ1v) is 7.32. The van der Waals surface area contributed by atoms with Crippen molar-refractivity contribution in [3.63, 3.8) is 0 Å². The fourth-order valence-corrected chi connectivity index (χ4v) is 2.91. The third-order valence-corrected chi connectivity index (χ3v) is 4.36. The van der Waals surface area contributed by atoms with Crippen LogP contribution < -0.4 is 5.32 Å². The number of carboxylic acid groups (broad SMARTS) is 1. The second kappa shape index (κ2) is 6.92. The molecule has 0 spiro atoms. The summed E-state index contributed by atoms with van der Waals surface area (Å²) in [5, 5.41) is 11.5. The molecule has 2 unspecified atom stereocenters. The highest BCUT2D eigenvalue weighted by Gasteiger charge is 2.33. The van der Waals surface area contributed by atoms with Crippen molar-refractivity contribution in [2.24, 2.45) is 11.3 Å². The molecule has 2 atom stereocenters. The predicted molar refractivity (Wildman–Crippen MR) is 74.8 cm³/mol. The lowest BCUT2D eigenvalue weighted by Crippen LogP contribution is -2.37. The molecule has 4 nitrogen and oxygen atoms in total. The van der Waals surface area contributed by atoms with Crippen molar-refractivity contribution in [1.29, 1.82) is 0 Å². The minimum atomic E-state index is -0.811. The van der Waals surface area contributed by atoms with E-state index in [-0.39, 0.29) is 23.8 Å². The molecule has 110 valence electrons. The zero-order valence-electron chi connectivity index (χ0n) is 12.4. The maximum Gasteiger partial charge on any atom is 0.303 e. The molecular weight excluding hydrogens is 242 g/mol. The maximum absolute atomic E-state index is 12.0. The number of hydrogen-bond donors (Lipinski definition) is 2. The Hall–Kier alpha value is -1.06. The Morgan fingerprint density at radius 1 is 1.37 bits per heavy atom. The van der Waals surface area contributed by atoms with Crippen LogP contribution in [0.5, 0.6) is 0 Å². The van der Waals surface area contributed by atoms with Gasteiger partial charge in [0.25, 0.3) is 0 Å². The molecule has 1 saturated carbocycles. The molecule has 4 heteroatoms. The molecular formula is C15H27NO3. The van der Waals surface area contributed by atoms with E-state index in [2.05, 4.69) is 19.2 Å². The molecule has 1 rings (SSSR count). The van der Waals surface area contributed by atoms with E-state index in [9.17, 15) is 9.59 Å². The fraction of sp³-hybridized carbons (Fsp3) is 0.867. The van der Waals surface area contributed by atoms with Gasteiger partial charge in [-0.1, -0.05) is 26.7 Å². The standard InChI is InChI=1S/C15H27NO3/c1-11(7-8-14(18)19)16-13(17)10-12-6-4-5-9-15(12,2)3/h11-12H,4-10H2,1-3H3,(H,16,17)(H,18,19). The van der Waals surface area contributed by atoms with Crippen molar-refractivity contribution in [1.82, 2.24) is 5.32 Å². The van der Waals surface area contributed by atoms with E-state index in [0.29, 0.717) is 18.8 Å². The average Bonchev–Trinajstić information content (AvgIpc) is 2.29. The summed E-state index contributed by atoms with van der Waals surface area (Å²) in [5.74, 6) is -0.291. The van der Waals surface area contributed by atoms with Gasteiger partial charge in [-0.25, -0.2) is 0 Å². The van der Waals surface area contributed by atoms with E-state index >= 15 is 0 Å². The van der Waals surface area contributed by atoms with Gasteiger partial charge in [0.15, 0.2) is 0 Å². The molecule has 0 aliphatic heterocycles. The van der Waals surface area contributed by atoms with Crippen molar-refractivity contribution in [3.05, 3.63) is 0 Å². The van der Waals surface area contributed by atoms with Crippen LogP contribution in [0, 0.1) is 11.3 Å². The lowest BCUT2D eigenvalue weighted by molar-refractivity contribution is -0.137. The Morgan fingerprint density at radius 2 is 2.05 bits per heavy atom. The van der Waals surface area contributed by atoms with Crippen LogP contribution in [-0.4, -0.2) is 23.0 Å². The topological polar surface area (TPSA) is 66.4 Å². The Balaban J connectivity index is 2.35. The SMILES string of the molecule is CC(CCC(=O)O)NC(=O)CC1CCCCC1(C)C. The summed E-state index contributed by atoms with van der Waals surface area (Å²) in [5.41, 5.74) is 0.250. The first kappa shape index (κ1) is 16.0. The van der Waals surface area contributed by atoms with Crippen molar-refractivity contribution in [2.45, 2.75) is 71.8 Å². The van der Waals surface area contributed by atoms with Crippen LogP contribution in [0.25, 0.3) is 0 Å². The van der Waals surface area contributed by atoms with Crippen molar-refractivity contribution >= 4 is 11.9 Å². The summed E-state index contributed by atoms with van der Waals surface area (Å²) < 4.78 is 0. The highest BCUT2D eigenvalue weighted by atomic mass is 16.4. The van der Waals surface area contributed by atoms with Gasteiger partial charge >= 0.3 is 5.97 Å². The normalized spacial score (nSPS) is 23.6. The van der Waals surface area contributed by atoms with E-state index in [4.69, 9.17) is 5.11 Å². The molecule has 1 fully saturated rings. The van der Waals surface area contributed by atoms with Gasteiger partial charge < -0.3 is 10.4 Å². The van der Waals surface area contributed by atoms with Crippen LogP contribution in [0.15, 0.2) is 0 Å². The number of aliphatic carboxylic acids is 1. The van der Waals surface area contributed by atoms with Gasteiger partial charge in [0.1, 0.15) is 0 Å². The van der Waals surface area contributed by atoms with E-state index in [1.807, 2.05) is 6.92 Å². The molecule has 19 heavy (non-hydrogen) atoms. The largest absolute Gasteiger partial charge is 0.481 e. The minimum absolute atomic E-state index is 0.0599. The van der Waals surface area contributed by atoms with Gasteiger partial charge in [0.05, 0.1) is 0 Å². The molecule has 1 amide bonds. The van der Waals surface area contributed by atoms with Gasteiger partial charge in [0, 0.05) is 18.9 Å². The lowest BCUT2D eigenvalue weighted by Gasteiger charge is -2.38. The fourth-order valence-electron chi connectivity index (χ4n) is 2.91. The zero-order chi connectivity index (χ0) is 14.5. The summed E-state index contributed by atoms with van der Waals surface area (Å²) in [6, 6.07) is -0.0599. The highest BCUT2D eigenvalue weighted by molar-refractivity contribution is 5.76. The van der Waals surface area contributed by atoms with Crippen LogP contribution in [0.2, 0.25) is 0 Å². The third-order valence-electron chi connectivity index (χ3n) is 4.36. The summed E-state index contributed by atoms with van der Waals surface area (Å²) in [4.78, 5) is 22.5. The predicted octanol–water partition coefficient (Wildman–Crippen LogP) is 2.96. The molecule has 0 aromatic heterocycles. The third kappa shape index (κ3) is 5.62. The van der Waals surface area contributed by atoms with E-state index < -0.39 is 5.97 Å². The Labute approximate surface area is 116 Å². The lowest BCUT2D eigenvalue weighted by atomic mass is 9.67. The summed E-state index contributed by atoms with van der Waals surface area (Å²) in [6.07, 6.45) is 5.98. The van der Waals surface area contributed by atoms with Crippen LogP contribution >= 0.6 is 0 Å². The first-order valence-electron chi connectivity index (χ1n) is 7.32. The zero-order valence-corrected chi connectivity index (χ0v) is 12.4. The Bertz CT molecular complexity index is 325. The first-order chi connectivity index (χ1) is 8.81. The molecule has 0 aromatic rings.